The van der Waals surface area contributed by atoms with E-state index >= 15 is 0 Å². The first-order chi connectivity index (χ1) is 13.8. The van der Waals surface area contributed by atoms with E-state index in [9.17, 15) is 0 Å². The zero-order valence-electron chi connectivity index (χ0n) is 16.2. The molecule has 1 fully saturated rings. The first-order valence-corrected chi connectivity index (χ1v) is 10.0. The summed E-state index contributed by atoms with van der Waals surface area (Å²) in [6, 6.07) is 21.6. The number of fused-ring (bicyclic) bond motifs is 1. The molecule has 1 saturated heterocycles. The van der Waals surface area contributed by atoms with Gasteiger partial charge in [0.2, 0.25) is 5.95 Å². The van der Waals surface area contributed by atoms with E-state index in [1.807, 2.05) is 12.3 Å². The highest BCUT2D eigenvalue weighted by Crippen LogP contribution is 2.36. The molecule has 3 heterocycles. The Morgan fingerprint density at radius 1 is 0.821 bits per heavy atom. The molecule has 0 bridgehead atoms. The molecule has 2 aliphatic heterocycles. The second kappa shape index (κ2) is 7.15. The Labute approximate surface area is 166 Å². The second-order valence-electron chi connectivity index (χ2n) is 7.58. The maximum absolute atomic E-state index is 4.95. The summed E-state index contributed by atoms with van der Waals surface area (Å²) in [6.45, 7) is 6.20. The van der Waals surface area contributed by atoms with Crippen molar-refractivity contribution in [2.75, 3.05) is 40.9 Å². The summed E-state index contributed by atoms with van der Waals surface area (Å²) < 4.78 is 0. The van der Waals surface area contributed by atoms with Crippen LogP contribution in [0, 0.1) is 0 Å². The number of hydrogen-bond donors (Lipinski definition) is 0. The summed E-state index contributed by atoms with van der Waals surface area (Å²) >= 11 is 0. The Morgan fingerprint density at radius 2 is 1.54 bits per heavy atom. The van der Waals surface area contributed by atoms with Crippen molar-refractivity contribution in [1.29, 1.82) is 0 Å². The molecule has 3 aromatic rings. The van der Waals surface area contributed by atoms with Crippen molar-refractivity contribution >= 4 is 23.1 Å². The van der Waals surface area contributed by atoms with E-state index in [2.05, 4.69) is 81.2 Å². The van der Waals surface area contributed by atoms with Crippen LogP contribution in [-0.2, 0) is 6.42 Å². The SMILES string of the molecule is CC1Cc2ccccc2N1c1nccc(N2CCN(c3ccccc3)CC2)n1. The van der Waals surface area contributed by atoms with Gasteiger partial charge in [0, 0.05) is 49.8 Å². The van der Waals surface area contributed by atoms with Gasteiger partial charge in [0.25, 0.3) is 0 Å². The normalized spacial score (nSPS) is 19.0. The molecule has 2 aliphatic rings. The first-order valence-electron chi connectivity index (χ1n) is 10.0. The van der Waals surface area contributed by atoms with E-state index in [-0.39, 0.29) is 0 Å². The molecule has 2 aromatic carbocycles. The molecule has 0 radical (unpaired) electrons. The van der Waals surface area contributed by atoms with Gasteiger partial charge in [0.05, 0.1) is 0 Å². The number of rotatable bonds is 3. The first kappa shape index (κ1) is 17.0. The standard InChI is InChI=1S/C23H25N5/c1-18-17-19-7-5-6-10-21(19)28(18)23-24-12-11-22(25-23)27-15-13-26(14-16-27)20-8-3-2-4-9-20/h2-12,18H,13-17H2,1H3. The van der Waals surface area contributed by atoms with E-state index in [1.54, 1.807) is 0 Å². The molecule has 5 heteroatoms. The van der Waals surface area contributed by atoms with E-state index < -0.39 is 0 Å². The minimum absolute atomic E-state index is 0.377. The molecule has 1 unspecified atom stereocenters. The molecule has 0 saturated carbocycles. The Hall–Kier alpha value is -3.08. The van der Waals surface area contributed by atoms with Crippen LogP contribution in [0.3, 0.4) is 0 Å². The number of piperazine rings is 1. The van der Waals surface area contributed by atoms with Gasteiger partial charge in [-0.1, -0.05) is 36.4 Å². The van der Waals surface area contributed by atoms with Gasteiger partial charge >= 0.3 is 0 Å². The average molecular weight is 371 g/mol. The zero-order valence-corrected chi connectivity index (χ0v) is 16.2. The molecule has 0 aliphatic carbocycles. The lowest BCUT2D eigenvalue weighted by Gasteiger charge is -2.37. The molecule has 0 N–H and O–H groups in total. The summed E-state index contributed by atoms with van der Waals surface area (Å²) in [6.07, 6.45) is 2.94. The third-order valence-corrected chi connectivity index (χ3v) is 5.78. The van der Waals surface area contributed by atoms with Gasteiger partial charge in [0.15, 0.2) is 0 Å². The van der Waals surface area contributed by atoms with Crippen molar-refractivity contribution in [3.63, 3.8) is 0 Å². The number of hydrogen-bond acceptors (Lipinski definition) is 5. The number of para-hydroxylation sites is 2. The topological polar surface area (TPSA) is 35.5 Å². The van der Waals surface area contributed by atoms with E-state index in [1.165, 1.54) is 16.9 Å². The highest BCUT2D eigenvalue weighted by Gasteiger charge is 2.29. The summed E-state index contributed by atoms with van der Waals surface area (Å²) in [4.78, 5) is 16.6. The predicted molar refractivity (Wildman–Crippen MR) is 115 cm³/mol. The number of nitrogens with zero attached hydrogens (tertiary/aromatic N) is 5. The molecule has 28 heavy (non-hydrogen) atoms. The smallest absolute Gasteiger partial charge is 0.232 e. The fraction of sp³-hybridized carbons (Fsp3) is 0.304. The fourth-order valence-corrected chi connectivity index (χ4v) is 4.33. The van der Waals surface area contributed by atoms with Gasteiger partial charge in [-0.05, 0) is 43.2 Å². The van der Waals surface area contributed by atoms with Gasteiger partial charge < -0.3 is 14.7 Å². The maximum atomic E-state index is 4.95. The molecule has 5 rings (SSSR count). The minimum atomic E-state index is 0.377. The molecular weight excluding hydrogens is 346 g/mol. The number of aromatic nitrogens is 2. The van der Waals surface area contributed by atoms with Crippen LogP contribution < -0.4 is 14.7 Å². The molecule has 1 aromatic heterocycles. The lowest BCUT2D eigenvalue weighted by molar-refractivity contribution is 0.645. The second-order valence-corrected chi connectivity index (χ2v) is 7.58. The summed E-state index contributed by atoms with van der Waals surface area (Å²) in [5.41, 5.74) is 3.91. The molecular formula is C23H25N5. The quantitative estimate of drug-likeness (QED) is 0.698. The highest BCUT2D eigenvalue weighted by atomic mass is 15.3. The highest BCUT2D eigenvalue weighted by molar-refractivity contribution is 5.67. The number of benzene rings is 2. The summed E-state index contributed by atoms with van der Waals surface area (Å²) in [5, 5.41) is 0. The third kappa shape index (κ3) is 3.07. The van der Waals surface area contributed by atoms with Crippen molar-refractivity contribution in [2.45, 2.75) is 19.4 Å². The molecule has 1 atom stereocenters. The molecule has 0 spiro atoms. The van der Waals surface area contributed by atoms with Crippen LogP contribution in [-0.4, -0.2) is 42.2 Å². The van der Waals surface area contributed by atoms with Crippen molar-refractivity contribution in [1.82, 2.24) is 9.97 Å². The Balaban J connectivity index is 1.35. The van der Waals surface area contributed by atoms with Crippen LogP contribution in [0.2, 0.25) is 0 Å². The van der Waals surface area contributed by atoms with Crippen LogP contribution >= 0.6 is 0 Å². The summed E-state index contributed by atoms with van der Waals surface area (Å²) in [7, 11) is 0. The lowest BCUT2D eigenvalue weighted by Crippen LogP contribution is -2.47. The van der Waals surface area contributed by atoms with Crippen molar-refractivity contribution in [2.24, 2.45) is 0 Å². The van der Waals surface area contributed by atoms with Crippen LogP contribution in [0.5, 0.6) is 0 Å². The van der Waals surface area contributed by atoms with Crippen LogP contribution in [0.15, 0.2) is 66.9 Å². The van der Waals surface area contributed by atoms with Crippen molar-refractivity contribution < 1.29 is 0 Å². The monoisotopic (exact) mass is 371 g/mol. The Bertz CT molecular complexity index is 950. The van der Waals surface area contributed by atoms with Crippen LogP contribution in [0.25, 0.3) is 0 Å². The Morgan fingerprint density at radius 3 is 2.36 bits per heavy atom. The summed E-state index contributed by atoms with van der Waals surface area (Å²) in [5.74, 6) is 1.83. The molecule has 0 amide bonds. The lowest BCUT2D eigenvalue weighted by atomic mass is 10.1. The van der Waals surface area contributed by atoms with E-state index in [4.69, 9.17) is 4.98 Å². The number of anilines is 4. The van der Waals surface area contributed by atoms with Crippen LogP contribution in [0.1, 0.15) is 12.5 Å². The largest absolute Gasteiger partial charge is 0.368 e. The third-order valence-electron chi connectivity index (χ3n) is 5.78. The van der Waals surface area contributed by atoms with Crippen LogP contribution in [0.4, 0.5) is 23.1 Å². The average Bonchev–Trinajstić information content (AvgIpc) is 3.10. The maximum Gasteiger partial charge on any atom is 0.232 e. The zero-order chi connectivity index (χ0) is 18.9. The molecule has 5 nitrogen and oxygen atoms in total. The van der Waals surface area contributed by atoms with Gasteiger partial charge in [-0.15, -0.1) is 0 Å². The van der Waals surface area contributed by atoms with Crippen molar-refractivity contribution in [3.05, 3.63) is 72.4 Å². The molecule has 142 valence electrons. The van der Waals surface area contributed by atoms with E-state index in [0.717, 1.165) is 44.4 Å². The predicted octanol–water partition coefficient (Wildman–Crippen LogP) is 3.89. The Kier molecular flexibility index (Phi) is 4.35. The van der Waals surface area contributed by atoms with Gasteiger partial charge in [-0.2, -0.15) is 4.98 Å². The van der Waals surface area contributed by atoms with Gasteiger partial charge in [-0.25, -0.2) is 4.98 Å². The van der Waals surface area contributed by atoms with Gasteiger partial charge in [-0.3, -0.25) is 0 Å². The van der Waals surface area contributed by atoms with Crippen molar-refractivity contribution in [3.8, 4) is 0 Å². The van der Waals surface area contributed by atoms with E-state index in [0.29, 0.717) is 6.04 Å². The van der Waals surface area contributed by atoms with Gasteiger partial charge in [0.1, 0.15) is 5.82 Å². The minimum Gasteiger partial charge on any atom is -0.368 e. The fourth-order valence-electron chi connectivity index (χ4n) is 4.33.